The number of carboxylic acids is 1. The van der Waals surface area contributed by atoms with Crippen LogP contribution in [0, 0.1) is 6.92 Å². The molecule has 0 bridgehead atoms. The lowest BCUT2D eigenvalue weighted by Crippen LogP contribution is -2.36. The number of hydrogen-bond donors (Lipinski definition) is 1. The van der Waals surface area contributed by atoms with Gasteiger partial charge in [0.25, 0.3) is 5.91 Å². The average Bonchev–Trinajstić information content (AvgIpc) is 3.09. The summed E-state index contributed by atoms with van der Waals surface area (Å²) in [7, 11) is 1.63. The molecule has 1 aliphatic rings. The zero-order chi connectivity index (χ0) is 22.4. The summed E-state index contributed by atoms with van der Waals surface area (Å²) in [5, 5.41) is 12.2. The van der Waals surface area contributed by atoms with E-state index >= 15 is 0 Å². The van der Waals surface area contributed by atoms with Crippen LogP contribution in [-0.4, -0.2) is 40.1 Å². The van der Waals surface area contributed by atoms with Gasteiger partial charge in [-0.3, -0.25) is 9.59 Å². The predicted molar refractivity (Wildman–Crippen MR) is 123 cm³/mol. The van der Waals surface area contributed by atoms with Gasteiger partial charge in [-0.25, -0.2) is 0 Å². The fourth-order valence-corrected chi connectivity index (χ4v) is 4.85. The van der Waals surface area contributed by atoms with Gasteiger partial charge in [0.15, 0.2) is 0 Å². The molecule has 1 aromatic heterocycles. The molecule has 0 fully saturated rings. The van der Waals surface area contributed by atoms with E-state index in [1.54, 1.807) is 7.11 Å². The van der Waals surface area contributed by atoms with Gasteiger partial charge >= 0.3 is 5.97 Å². The Balaban J connectivity index is 1.57. The molecular formula is C26H24N2O4. The number of ether oxygens (including phenoxy) is 1. The quantitative estimate of drug-likeness (QED) is 0.523. The van der Waals surface area contributed by atoms with Crippen molar-refractivity contribution in [1.82, 2.24) is 9.47 Å². The van der Waals surface area contributed by atoms with Crippen LogP contribution in [0.15, 0.2) is 54.6 Å². The molecule has 3 aromatic carbocycles. The summed E-state index contributed by atoms with van der Waals surface area (Å²) in [5.74, 6) is -0.152. The molecule has 5 rings (SSSR count). The monoisotopic (exact) mass is 428 g/mol. The Morgan fingerprint density at radius 2 is 1.81 bits per heavy atom. The summed E-state index contributed by atoms with van der Waals surface area (Å²) in [6.07, 6.45) is 0.621. The Morgan fingerprint density at radius 1 is 1.03 bits per heavy atom. The minimum Gasteiger partial charge on any atom is -0.496 e. The van der Waals surface area contributed by atoms with Crippen molar-refractivity contribution < 1.29 is 19.4 Å². The van der Waals surface area contributed by atoms with E-state index in [1.807, 2.05) is 71.0 Å². The molecular weight excluding hydrogens is 404 g/mol. The van der Waals surface area contributed by atoms with Crippen LogP contribution in [0.3, 0.4) is 0 Å². The number of aliphatic carboxylic acids is 1. The maximum absolute atomic E-state index is 13.6. The van der Waals surface area contributed by atoms with Crippen molar-refractivity contribution in [3.05, 3.63) is 77.0 Å². The van der Waals surface area contributed by atoms with Crippen LogP contribution in [0.5, 0.6) is 5.75 Å². The number of carbonyl (C=O) groups is 2. The van der Waals surface area contributed by atoms with E-state index in [9.17, 15) is 14.7 Å². The smallest absolute Gasteiger partial charge is 0.323 e. The number of nitrogens with zero attached hydrogens (tertiary/aromatic N) is 2. The Hall–Kier alpha value is -3.80. The number of aryl methyl sites for hydroxylation is 1. The van der Waals surface area contributed by atoms with Crippen LogP contribution < -0.4 is 4.74 Å². The molecule has 0 atom stereocenters. The van der Waals surface area contributed by atoms with Gasteiger partial charge in [-0.1, -0.05) is 36.4 Å². The first kappa shape index (κ1) is 20.1. The lowest BCUT2D eigenvalue weighted by atomic mass is 10.00. The minimum atomic E-state index is -0.866. The summed E-state index contributed by atoms with van der Waals surface area (Å²) >= 11 is 0. The van der Waals surface area contributed by atoms with Gasteiger partial charge in [-0.05, 0) is 36.1 Å². The molecule has 0 radical (unpaired) electrons. The van der Waals surface area contributed by atoms with E-state index in [-0.39, 0.29) is 12.5 Å². The minimum absolute atomic E-state index is 0.0271. The van der Waals surface area contributed by atoms with Crippen molar-refractivity contribution >= 4 is 33.6 Å². The number of aromatic nitrogens is 1. The molecule has 162 valence electrons. The van der Waals surface area contributed by atoms with Gasteiger partial charge in [0, 0.05) is 52.6 Å². The van der Waals surface area contributed by atoms with E-state index in [1.165, 1.54) is 0 Å². The zero-order valence-electron chi connectivity index (χ0n) is 18.1. The molecule has 32 heavy (non-hydrogen) atoms. The van der Waals surface area contributed by atoms with Crippen LogP contribution in [-0.2, 0) is 24.3 Å². The predicted octanol–water partition coefficient (Wildman–Crippen LogP) is 4.39. The third-order valence-electron chi connectivity index (χ3n) is 6.33. The first-order chi connectivity index (χ1) is 15.5. The van der Waals surface area contributed by atoms with Crippen molar-refractivity contribution in [1.29, 1.82) is 0 Å². The second-order valence-corrected chi connectivity index (χ2v) is 8.26. The van der Waals surface area contributed by atoms with Crippen molar-refractivity contribution in [2.45, 2.75) is 26.4 Å². The molecule has 6 heteroatoms. The summed E-state index contributed by atoms with van der Waals surface area (Å²) < 4.78 is 7.36. The summed E-state index contributed by atoms with van der Waals surface area (Å²) in [6, 6.07) is 17.5. The largest absolute Gasteiger partial charge is 0.496 e. The van der Waals surface area contributed by atoms with Crippen molar-refractivity contribution in [2.24, 2.45) is 0 Å². The third-order valence-corrected chi connectivity index (χ3v) is 6.33. The van der Waals surface area contributed by atoms with E-state index in [2.05, 4.69) is 0 Å². The summed E-state index contributed by atoms with van der Waals surface area (Å²) in [4.78, 5) is 27.0. The lowest BCUT2D eigenvalue weighted by molar-refractivity contribution is -0.137. The molecule has 0 saturated carbocycles. The molecule has 2 heterocycles. The number of methoxy groups -OCH3 is 1. The van der Waals surface area contributed by atoms with Crippen molar-refractivity contribution in [2.75, 3.05) is 13.7 Å². The number of rotatable bonds is 4. The average molecular weight is 428 g/mol. The molecule has 0 unspecified atom stereocenters. The van der Waals surface area contributed by atoms with Gasteiger partial charge in [0.1, 0.15) is 12.3 Å². The molecule has 6 nitrogen and oxygen atoms in total. The maximum atomic E-state index is 13.6. The Bertz CT molecular complexity index is 1390. The van der Waals surface area contributed by atoms with Crippen LogP contribution in [0.4, 0.5) is 0 Å². The molecule has 0 spiro atoms. The number of benzene rings is 3. The second-order valence-electron chi connectivity index (χ2n) is 8.26. The topological polar surface area (TPSA) is 71.8 Å². The van der Waals surface area contributed by atoms with E-state index in [4.69, 9.17) is 4.74 Å². The molecule has 1 N–H and O–H groups in total. The highest BCUT2D eigenvalue weighted by Gasteiger charge is 2.28. The first-order valence-electron chi connectivity index (χ1n) is 10.7. The fraction of sp³-hybridized carbons (Fsp3) is 0.231. The van der Waals surface area contributed by atoms with Gasteiger partial charge in [-0.15, -0.1) is 0 Å². The SMILES string of the molecule is COc1ccc(C(=O)N2CCc3c(c4ccc(C)cc4n3CC(=O)O)C2)c2ccccc12. The number of hydrogen-bond acceptors (Lipinski definition) is 3. The van der Waals surface area contributed by atoms with Crippen LogP contribution in [0.1, 0.15) is 27.2 Å². The number of carbonyl (C=O) groups excluding carboxylic acids is 1. The highest BCUT2D eigenvalue weighted by Crippen LogP contribution is 2.34. The third kappa shape index (κ3) is 3.19. The molecule has 0 saturated heterocycles. The fourth-order valence-electron chi connectivity index (χ4n) is 4.85. The number of amides is 1. The maximum Gasteiger partial charge on any atom is 0.323 e. The van der Waals surface area contributed by atoms with Gasteiger partial charge in [0.2, 0.25) is 0 Å². The van der Waals surface area contributed by atoms with Gasteiger partial charge in [-0.2, -0.15) is 0 Å². The standard InChI is InChI=1S/C26H24N2O4/c1-16-7-8-18-21-14-27(12-11-22(21)28(15-25(29)30)23(18)13-16)26(31)20-9-10-24(32-2)19-6-4-3-5-17(19)20/h3-10,13H,11-12,14-15H2,1-2H3,(H,29,30). The van der Waals surface area contributed by atoms with Crippen LogP contribution in [0.2, 0.25) is 0 Å². The van der Waals surface area contributed by atoms with E-state index in [0.717, 1.165) is 44.2 Å². The molecule has 0 aliphatic carbocycles. The van der Waals surface area contributed by atoms with E-state index in [0.29, 0.717) is 25.1 Å². The number of fused-ring (bicyclic) bond motifs is 4. The molecule has 4 aromatic rings. The molecule has 1 aliphatic heterocycles. The first-order valence-corrected chi connectivity index (χ1v) is 10.7. The Kier molecular flexibility index (Phi) is 4.85. The second kappa shape index (κ2) is 7.71. The van der Waals surface area contributed by atoms with Gasteiger partial charge < -0.3 is 19.3 Å². The summed E-state index contributed by atoms with van der Waals surface area (Å²) in [5.41, 5.74) is 4.70. The molecule has 1 amide bonds. The highest BCUT2D eigenvalue weighted by molar-refractivity contribution is 6.08. The normalized spacial score (nSPS) is 13.4. The van der Waals surface area contributed by atoms with Crippen molar-refractivity contribution in [3.8, 4) is 5.75 Å². The van der Waals surface area contributed by atoms with E-state index < -0.39 is 5.97 Å². The summed E-state index contributed by atoms with van der Waals surface area (Å²) in [6.45, 7) is 2.93. The van der Waals surface area contributed by atoms with Gasteiger partial charge in [0.05, 0.1) is 7.11 Å². The van der Waals surface area contributed by atoms with Crippen molar-refractivity contribution in [3.63, 3.8) is 0 Å². The Morgan fingerprint density at radius 3 is 2.56 bits per heavy atom. The lowest BCUT2D eigenvalue weighted by Gasteiger charge is -2.29. The zero-order valence-corrected chi connectivity index (χ0v) is 18.1. The highest BCUT2D eigenvalue weighted by atomic mass is 16.5. The van der Waals surface area contributed by atoms with Crippen LogP contribution >= 0.6 is 0 Å². The number of carboxylic acid groups (broad SMARTS) is 1. The Labute approximate surface area is 185 Å². The van der Waals surface area contributed by atoms with Crippen LogP contribution in [0.25, 0.3) is 21.7 Å².